The number of hydrogen-bond donors (Lipinski definition) is 1. The molecule has 26 heavy (non-hydrogen) atoms. The number of aromatic nitrogens is 4. The topological polar surface area (TPSA) is 117 Å². The van der Waals surface area contributed by atoms with E-state index < -0.39 is 5.97 Å². The van der Waals surface area contributed by atoms with E-state index in [-0.39, 0.29) is 23.2 Å². The van der Waals surface area contributed by atoms with E-state index >= 15 is 0 Å². The van der Waals surface area contributed by atoms with Gasteiger partial charge in [-0.15, -0.1) is 10.2 Å². The minimum Gasteiger partial charge on any atom is -0.462 e. The Labute approximate surface area is 154 Å². The number of hydrogen-bond acceptors (Lipinski definition) is 9. The van der Waals surface area contributed by atoms with Crippen LogP contribution in [-0.4, -0.2) is 32.7 Å². The number of carbonyl (C=O) groups is 1. The van der Waals surface area contributed by atoms with Gasteiger partial charge in [-0.2, -0.15) is 0 Å². The van der Waals surface area contributed by atoms with Crippen molar-refractivity contribution in [2.24, 2.45) is 0 Å². The first-order valence-electron chi connectivity index (χ1n) is 7.93. The summed E-state index contributed by atoms with van der Waals surface area (Å²) in [5, 5.41) is 8.37. The fourth-order valence-electron chi connectivity index (χ4n) is 2.11. The molecular weight excluding hydrogens is 354 g/mol. The van der Waals surface area contributed by atoms with Crippen molar-refractivity contribution >= 4 is 23.5 Å². The molecule has 0 aliphatic rings. The number of benzene rings is 1. The molecule has 0 spiro atoms. The highest BCUT2D eigenvalue weighted by Crippen LogP contribution is 2.33. The highest BCUT2D eigenvalue weighted by atomic mass is 32.2. The minimum absolute atomic E-state index is 0.0728. The number of thioether (sulfide) groups is 1. The Hall–Kier alpha value is -2.94. The van der Waals surface area contributed by atoms with E-state index in [1.165, 1.54) is 18.0 Å². The van der Waals surface area contributed by atoms with Crippen molar-refractivity contribution in [2.75, 3.05) is 12.3 Å². The van der Waals surface area contributed by atoms with E-state index in [0.717, 1.165) is 5.56 Å². The van der Waals surface area contributed by atoms with Crippen LogP contribution >= 0.6 is 11.8 Å². The summed E-state index contributed by atoms with van der Waals surface area (Å²) in [6.45, 7) is 3.87. The van der Waals surface area contributed by atoms with Gasteiger partial charge in [0.15, 0.2) is 5.16 Å². The molecule has 0 bridgehead atoms. The van der Waals surface area contributed by atoms with E-state index in [1.807, 2.05) is 37.3 Å². The zero-order chi connectivity index (χ0) is 18.5. The molecule has 2 heterocycles. The molecule has 9 heteroatoms. The van der Waals surface area contributed by atoms with Crippen LogP contribution in [-0.2, 0) is 4.74 Å². The quantitative estimate of drug-likeness (QED) is 0.396. The Morgan fingerprint density at radius 1 is 1.31 bits per heavy atom. The Balaban J connectivity index is 1.72. The summed E-state index contributed by atoms with van der Waals surface area (Å²) in [5.74, 6) is 0.430. The van der Waals surface area contributed by atoms with Crippen molar-refractivity contribution < 1.29 is 13.9 Å². The molecular formula is C17H17N5O3S. The second kappa shape index (κ2) is 7.96. The molecule has 3 rings (SSSR count). The van der Waals surface area contributed by atoms with Crippen LogP contribution in [0.15, 0.2) is 46.1 Å². The first-order valence-corrected chi connectivity index (χ1v) is 8.81. The molecule has 0 aliphatic heterocycles. The lowest BCUT2D eigenvalue weighted by atomic mass is 10.2. The van der Waals surface area contributed by atoms with Crippen molar-refractivity contribution in [1.29, 1.82) is 0 Å². The highest BCUT2D eigenvalue weighted by molar-refractivity contribution is 7.99. The third kappa shape index (κ3) is 3.99. The Morgan fingerprint density at radius 2 is 2.08 bits per heavy atom. The molecule has 0 radical (unpaired) electrons. The Kier molecular flexibility index (Phi) is 5.47. The first-order chi connectivity index (χ1) is 12.6. The molecule has 1 atom stereocenters. The third-order valence-corrected chi connectivity index (χ3v) is 4.35. The fourth-order valence-corrected chi connectivity index (χ4v) is 2.88. The number of rotatable bonds is 6. The normalized spacial score (nSPS) is 11.9. The zero-order valence-electron chi connectivity index (χ0n) is 14.2. The van der Waals surface area contributed by atoms with E-state index in [9.17, 15) is 4.79 Å². The fraction of sp³-hybridized carbons (Fsp3) is 0.235. The summed E-state index contributed by atoms with van der Waals surface area (Å²) in [6.07, 6.45) is 1.36. The molecule has 0 unspecified atom stereocenters. The summed E-state index contributed by atoms with van der Waals surface area (Å²) >= 11 is 1.30. The predicted molar refractivity (Wildman–Crippen MR) is 96.4 cm³/mol. The van der Waals surface area contributed by atoms with Gasteiger partial charge < -0.3 is 14.9 Å². The van der Waals surface area contributed by atoms with Crippen molar-refractivity contribution in [1.82, 2.24) is 20.2 Å². The summed E-state index contributed by atoms with van der Waals surface area (Å²) in [7, 11) is 0. The summed E-state index contributed by atoms with van der Waals surface area (Å²) in [5.41, 5.74) is 6.83. The van der Waals surface area contributed by atoms with Crippen molar-refractivity contribution in [3.8, 4) is 11.5 Å². The van der Waals surface area contributed by atoms with Gasteiger partial charge in [0.2, 0.25) is 11.8 Å². The van der Waals surface area contributed by atoms with Gasteiger partial charge >= 0.3 is 5.97 Å². The van der Waals surface area contributed by atoms with E-state index in [2.05, 4.69) is 20.2 Å². The second-order valence-corrected chi connectivity index (χ2v) is 6.55. The van der Waals surface area contributed by atoms with Crippen LogP contribution in [0, 0.1) is 0 Å². The Bertz CT molecular complexity index is 900. The maximum absolute atomic E-state index is 11.7. The van der Waals surface area contributed by atoms with Crippen molar-refractivity contribution in [2.45, 2.75) is 24.3 Å². The summed E-state index contributed by atoms with van der Waals surface area (Å²) in [6, 6.07) is 9.51. The van der Waals surface area contributed by atoms with E-state index in [4.69, 9.17) is 14.9 Å². The number of ether oxygens (including phenoxy) is 1. The number of esters is 1. The summed E-state index contributed by atoms with van der Waals surface area (Å²) in [4.78, 5) is 20.0. The van der Waals surface area contributed by atoms with Crippen molar-refractivity contribution in [3.05, 3.63) is 48.0 Å². The maximum atomic E-state index is 11.7. The smallest absolute Gasteiger partial charge is 0.343 e. The molecule has 0 saturated carbocycles. The molecule has 3 aromatic rings. The molecule has 8 nitrogen and oxygen atoms in total. The zero-order valence-corrected chi connectivity index (χ0v) is 15.1. The average molecular weight is 371 g/mol. The third-order valence-electron chi connectivity index (χ3n) is 3.38. The van der Waals surface area contributed by atoms with Gasteiger partial charge in [0, 0.05) is 11.8 Å². The van der Waals surface area contributed by atoms with Crippen LogP contribution in [0.3, 0.4) is 0 Å². The molecule has 134 valence electrons. The minimum atomic E-state index is -0.543. The molecule has 0 fully saturated rings. The van der Waals surface area contributed by atoms with Gasteiger partial charge in [0.25, 0.3) is 0 Å². The number of nitrogen functional groups attached to an aromatic ring is 1. The van der Waals surface area contributed by atoms with Crippen LogP contribution < -0.4 is 5.73 Å². The van der Waals surface area contributed by atoms with Crippen LogP contribution in [0.2, 0.25) is 0 Å². The van der Waals surface area contributed by atoms with Crippen LogP contribution in [0.4, 0.5) is 5.82 Å². The lowest BCUT2D eigenvalue weighted by Crippen LogP contribution is -2.10. The van der Waals surface area contributed by atoms with Gasteiger partial charge in [-0.25, -0.2) is 14.8 Å². The molecule has 2 N–H and O–H groups in total. The first kappa shape index (κ1) is 17.9. The molecule has 0 saturated heterocycles. The largest absolute Gasteiger partial charge is 0.462 e. The standard InChI is InChI=1S/C17H17N5O3S/c1-3-24-16(23)12-9-19-17(20-13(12)18)26-10(2)14-21-22-15(25-14)11-7-5-4-6-8-11/h4-10H,3H2,1-2H3,(H2,18,19,20)/t10-/m0/s1. The van der Waals surface area contributed by atoms with E-state index in [0.29, 0.717) is 16.9 Å². The summed E-state index contributed by atoms with van der Waals surface area (Å²) < 4.78 is 10.6. The molecule has 0 aliphatic carbocycles. The SMILES string of the molecule is CCOC(=O)c1cnc(S[C@@H](C)c2nnc(-c3ccccc3)o2)nc1N. The molecule has 2 aromatic heterocycles. The van der Waals surface area contributed by atoms with Gasteiger partial charge in [-0.1, -0.05) is 30.0 Å². The number of carbonyl (C=O) groups excluding carboxylic acids is 1. The second-order valence-electron chi connectivity index (χ2n) is 5.24. The van der Waals surface area contributed by atoms with Crippen LogP contribution in [0.5, 0.6) is 0 Å². The maximum Gasteiger partial charge on any atom is 0.343 e. The van der Waals surface area contributed by atoms with Crippen molar-refractivity contribution in [3.63, 3.8) is 0 Å². The number of nitrogens with two attached hydrogens (primary N) is 1. The lowest BCUT2D eigenvalue weighted by Gasteiger charge is -2.08. The van der Waals surface area contributed by atoms with Crippen LogP contribution in [0.25, 0.3) is 11.5 Å². The monoisotopic (exact) mass is 371 g/mol. The highest BCUT2D eigenvalue weighted by Gasteiger charge is 2.19. The molecule has 0 amide bonds. The molecule has 1 aromatic carbocycles. The van der Waals surface area contributed by atoms with Crippen LogP contribution in [0.1, 0.15) is 35.3 Å². The Morgan fingerprint density at radius 3 is 2.77 bits per heavy atom. The number of nitrogens with zero attached hydrogens (tertiary/aromatic N) is 4. The lowest BCUT2D eigenvalue weighted by molar-refractivity contribution is 0.0526. The van der Waals surface area contributed by atoms with E-state index in [1.54, 1.807) is 6.92 Å². The van der Waals surface area contributed by atoms with Gasteiger partial charge in [-0.3, -0.25) is 0 Å². The average Bonchev–Trinajstić information content (AvgIpc) is 3.13. The van der Waals surface area contributed by atoms with Gasteiger partial charge in [0.05, 0.1) is 11.9 Å². The number of anilines is 1. The van der Waals surface area contributed by atoms with Gasteiger partial charge in [0.1, 0.15) is 11.4 Å². The predicted octanol–water partition coefficient (Wildman–Crippen LogP) is 3.14. The van der Waals surface area contributed by atoms with Gasteiger partial charge in [-0.05, 0) is 26.0 Å².